The summed E-state index contributed by atoms with van der Waals surface area (Å²) in [7, 11) is 1.88. The summed E-state index contributed by atoms with van der Waals surface area (Å²) in [6.45, 7) is 1.82. The number of H-pyrrole nitrogens is 1. The number of pyridine rings is 1. The van der Waals surface area contributed by atoms with Crippen molar-refractivity contribution in [1.29, 1.82) is 0 Å². The van der Waals surface area contributed by atoms with Gasteiger partial charge >= 0.3 is 6.03 Å². The predicted octanol–water partition coefficient (Wildman–Crippen LogP) is 3.70. The zero-order chi connectivity index (χ0) is 17.9. The third-order valence-corrected chi connectivity index (χ3v) is 5.14. The minimum absolute atomic E-state index is 0.0602. The van der Waals surface area contributed by atoms with Crippen molar-refractivity contribution < 1.29 is 4.79 Å². The van der Waals surface area contributed by atoms with Gasteiger partial charge in [0.1, 0.15) is 5.82 Å². The molecule has 2 amide bonds. The zero-order valence-corrected chi connectivity index (χ0v) is 14.9. The van der Waals surface area contributed by atoms with Crippen molar-refractivity contribution in [3.8, 4) is 0 Å². The number of carbonyl (C=O) groups is 1. The third-order valence-electron chi connectivity index (χ3n) is 5.14. The molecule has 3 heterocycles. The smallest absolute Gasteiger partial charge is 0.321 e. The first-order valence-corrected chi connectivity index (χ1v) is 8.98. The van der Waals surface area contributed by atoms with E-state index in [0.29, 0.717) is 0 Å². The fourth-order valence-corrected chi connectivity index (χ4v) is 3.59. The molecule has 4 rings (SSSR count). The highest BCUT2D eigenvalue weighted by atomic mass is 16.2. The Morgan fingerprint density at radius 3 is 2.81 bits per heavy atom. The van der Waals surface area contributed by atoms with Crippen molar-refractivity contribution in [1.82, 2.24) is 14.9 Å². The van der Waals surface area contributed by atoms with Crippen LogP contribution in [0.4, 0.5) is 16.3 Å². The summed E-state index contributed by atoms with van der Waals surface area (Å²) >= 11 is 0. The van der Waals surface area contributed by atoms with E-state index in [0.717, 1.165) is 48.3 Å². The molecule has 2 N–H and O–H groups in total. The summed E-state index contributed by atoms with van der Waals surface area (Å²) in [5.41, 5.74) is 1.86. The van der Waals surface area contributed by atoms with Crippen LogP contribution in [0.15, 0.2) is 54.9 Å². The largest absolute Gasteiger partial charge is 0.361 e. The van der Waals surface area contributed by atoms with E-state index in [1.165, 1.54) is 0 Å². The van der Waals surface area contributed by atoms with Crippen LogP contribution in [0.1, 0.15) is 12.8 Å². The molecular formula is C20H23N5O. The van der Waals surface area contributed by atoms with Gasteiger partial charge in [-0.05, 0) is 43.2 Å². The first-order valence-electron chi connectivity index (χ1n) is 8.98. The van der Waals surface area contributed by atoms with E-state index in [2.05, 4.69) is 20.2 Å². The normalized spacial score (nSPS) is 15.2. The Morgan fingerprint density at radius 1 is 1.19 bits per heavy atom. The highest BCUT2D eigenvalue weighted by molar-refractivity contribution is 6.00. The van der Waals surface area contributed by atoms with Gasteiger partial charge in [-0.15, -0.1) is 0 Å². The van der Waals surface area contributed by atoms with Gasteiger partial charge in [0.25, 0.3) is 0 Å². The predicted molar refractivity (Wildman–Crippen MR) is 105 cm³/mol. The minimum atomic E-state index is -0.0602. The number of nitrogens with one attached hydrogen (secondary N) is 2. The van der Waals surface area contributed by atoms with Crippen molar-refractivity contribution in [2.45, 2.75) is 18.9 Å². The van der Waals surface area contributed by atoms with E-state index in [1.807, 2.05) is 66.8 Å². The maximum Gasteiger partial charge on any atom is 0.321 e. The topological polar surface area (TPSA) is 64.3 Å². The van der Waals surface area contributed by atoms with E-state index in [4.69, 9.17) is 0 Å². The summed E-state index contributed by atoms with van der Waals surface area (Å²) < 4.78 is 0. The van der Waals surface area contributed by atoms with Crippen molar-refractivity contribution in [3.05, 3.63) is 54.9 Å². The van der Waals surface area contributed by atoms with Gasteiger partial charge in [0.05, 0.1) is 5.69 Å². The second-order valence-electron chi connectivity index (χ2n) is 6.69. The van der Waals surface area contributed by atoms with Crippen LogP contribution in [0.25, 0.3) is 10.9 Å². The number of carbonyl (C=O) groups excluding carboxylic acids is 1. The monoisotopic (exact) mass is 349 g/mol. The molecule has 1 aromatic carbocycles. The molecule has 2 aromatic heterocycles. The number of amides is 2. The average molecular weight is 349 g/mol. The first kappa shape index (κ1) is 16.4. The minimum Gasteiger partial charge on any atom is -0.361 e. The van der Waals surface area contributed by atoms with Crippen molar-refractivity contribution >= 4 is 28.4 Å². The maximum absolute atomic E-state index is 12.7. The number of fused-ring (bicyclic) bond motifs is 1. The molecule has 1 fully saturated rings. The number of urea groups is 1. The highest BCUT2D eigenvalue weighted by Gasteiger charge is 2.26. The Labute approximate surface area is 152 Å². The Balaban J connectivity index is 1.38. The van der Waals surface area contributed by atoms with E-state index in [-0.39, 0.29) is 12.1 Å². The third kappa shape index (κ3) is 3.22. The zero-order valence-electron chi connectivity index (χ0n) is 14.9. The van der Waals surface area contributed by atoms with Gasteiger partial charge < -0.3 is 20.1 Å². The van der Waals surface area contributed by atoms with Crippen molar-refractivity contribution in [2.75, 3.05) is 30.4 Å². The van der Waals surface area contributed by atoms with E-state index in [9.17, 15) is 4.79 Å². The van der Waals surface area contributed by atoms with E-state index < -0.39 is 0 Å². The van der Waals surface area contributed by atoms with Crippen LogP contribution in [0.3, 0.4) is 0 Å². The second kappa shape index (κ2) is 7.07. The Morgan fingerprint density at radius 2 is 2.04 bits per heavy atom. The molecule has 0 atom stereocenters. The van der Waals surface area contributed by atoms with Crippen LogP contribution >= 0.6 is 0 Å². The molecule has 6 nitrogen and oxygen atoms in total. The van der Waals surface area contributed by atoms with Crippen molar-refractivity contribution in [3.63, 3.8) is 0 Å². The van der Waals surface area contributed by atoms with Crippen LogP contribution in [-0.2, 0) is 0 Å². The molecule has 1 aliphatic heterocycles. The number of nitrogens with zero attached hydrogens (tertiary/aromatic N) is 3. The molecule has 1 aliphatic rings. The number of benzene rings is 1. The quantitative estimate of drug-likeness (QED) is 0.758. The maximum atomic E-state index is 12.7. The lowest BCUT2D eigenvalue weighted by Crippen LogP contribution is -2.47. The van der Waals surface area contributed by atoms with Crippen LogP contribution in [0, 0.1) is 0 Å². The van der Waals surface area contributed by atoms with Crippen LogP contribution in [0.2, 0.25) is 0 Å². The van der Waals surface area contributed by atoms with Gasteiger partial charge in [-0.1, -0.05) is 12.1 Å². The summed E-state index contributed by atoms with van der Waals surface area (Å²) in [5.74, 6) is 1.01. The molecule has 3 aromatic rings. The Hall–Kier alpha value is -3.02. The number of aromatic nitrogens is 2. The lowest BCUT2D eigenvalue weighted by Gasteiger charge is -2.37. The van der Waals surface area contributed by atoms with E-state index >= 15 is 0 Å². The molecule has 6 heteroatoms. The molecule has 0 aliphatic carbocycles. The lowest BCUT2D eigenvalue weighted by atomic mass is 10.0. The Kier molecular flexibility index (Phi) is 4.48. The molecule has 1 saturated heterocycles. The number of piperidine rings is 1. The van der Waals surface area contributed by atoms with Crippen LogP contribution in [-0.4, -0.2) is 47.1 Å². The van der Waals surface area contributed by atoms with Gasteiger partial charge in [0.15, 0.2) is 0 Å². The molecule has 26 heavy (non-hydrogen) atoms. The van der Waals surface area contributed by atoms with Gasteiger partial charge in [0.2, 0.25) is 0 Å². The standard InChI is InChI=1S/C20H23N5O/c1-24(15-9-13-25(14-10-15)19-7-2-3-11-22-19)20(26)23-18-6-4-5-17-16(18)8-12-21-17/h2-8,11-12,15,21H,9-10,13-14H2,1H3,(H,23,26). The molecule has 0 radical (unpaired) electrons. The second-order valence-corrected chi connectivity index (χ2v) is 6.69. The van der Waals surface area contributed by atoms with Crippen LogP contribution in [0.5, 0.6) is 0 Å². The SMILES string of the molecule is CN(C(=O)Nc1cccc2[nH]ccc12)C1CCN(c2ccccn2)CC1. The summed E-state index contributed by atoms with van der Waals surface area (Å²) in [5, 5.41) is 4.08. The number of hydrogen-bond acceptors (Lipinski definition) is 3. The molecule has 0 bridgehead atoms. The summed E-state index contributed by atoms with van der Waals surface area (Å²) in [6.07, 6.45) is 5.59. The molecule has 0 spiro atoms. The van der Waals surface area contributed by atoms with Gasteiger partial charge in [-0.3, -0.25) is 0 Å². The fraction of sp³-hybridized carbons (Fsp3) is 0.300. The number of aromatic amines is 1. The van der Waals surface area contributed by atoms with Gasteiger partial charge in [-0.2, -0.15) is 0 Å². The highest BCUT2D eigenvalue weighted by Crippen LogP contribution is 2.24. The van der Waals surface area contributed by atoms with Crippen molar-refractivity contribution in [2.24, 2.45) is 0 Å². The number of anilines is 2. The molecule has 0 saturated carbocycles. The van der Waals surface area contributed by atoms with Crippen LogP contribution < -0.4 is 10.2 Å². The number of rotatable bonds is 3. The Bertz CT molecular complexity index is 883. The molecular weight excluding hydrogens is 326 g/mol. The lowest BCUT2D eigenvalue weighted by molar-refractivity contribution is 0.193. The molecule has 0 unspecified atom stereocenters. The average Bonchev–Trinajstić information content (AvgIpc) is 3.18. The summed E-state index contributed by atoms with van der Waals surface area (Å²) in [4.78, 5) is 24.4. The van der Waals surface area contributed by atoms with Gasteiger partial charge in [0, 0.05) is 49.5 Å². The number of hydrogen-bond donors (Lipinski definition) is 2. The fourth-order valence-electron chi connectivity index (χ4n) is 3.59. The summed E-state index contributed by atoms with van der Waals surface area (Å²) in [6, 6.07) is 14.0. The van der Waals surface area contributed by atoms with Gasteiger partial charge in [-0.25, -0.2) is 9.78 Å². The molecule has 134 valence electrons. The first-order chi connectivity index (χ1) is 12.7. The van der Waals surface area contributed by atoms with E-state index in [1.54, 1.807) is 0 Å².